The number of hydrogen-bond acceptors (Lipinski definition) is 3. The van der Waals surface area contributed by atoms with Gasteiger partial charge in [0.25, 0.3) is 0 Å². The highest BCUT2D eigenvalue weighted by atomic mass is 16.5. The van der Waals surface area contributed by atoms with Crippen molar-refractivity contribution in [2.45, 2.75) is 25.0 Å². The Morgan fingerprint density at radius 1 is 0.833 bits per heavy atom. The van der Waals surface area contributed by atoms with Gasteiger partial charge >= 0.3 is 5.97 Å². The van der Waals surface area contributed by atoms with Gasteiger partial charge in [-0.05, 0) is 35.1 Å². The third-order valence-corrected chi connectivity index (χ3v) is 5.67. The van der Waals surface area contributed by atoms with E-state index in [-0.39, 0.29) is 18.0 Å². The minimum Gasteiger partial charge on any atom is -0.455 e. The molecular formula is C27H26O3. The second-order valence-electron chi connectivity index (χ2n) is 7.65. The van der Waals surface area contributed by atoms with Gasteiger partial charge in [-0.25, -0.2) is 4.79 Å². The lowest BCUT2D eigenvalue weighted by molar-refractivity contribution is -0.140. The fourth-order valence-corrected chi connectivity index (χ4v) is 4.02. The standard InChI is InChI=1S/C27H26O3/c1-21(25-17-18-26(28)30-25)19-20-29-27(22-11-5-2-6-12-22,23-13-7-3-8-14-23)24-15-9-4-10-16-24/h2-18,21,25H,19-20H2,1H3/t21-,25-/m0/s1. The monoisotopic (exact) mass is 398 g/mol. The molecule has 0 saturated carbocycles. The first kappa shape index (κ1) is 20.1. The van der Waals surface area contributed by atoms with E-state index in [4.69, 9.17) is 9.47 Å². The van der Waals surface area contributed by atoms with Gasteiger partial charge in [-0.2, -0.15) is 0 Å². The Kier molecular flexibility index (Phi) is 6.10. The molecule has 1 aliphatic rings. The molecule has 4 rings (SSSR count). The van der Waals surface area contributed by atoms with Crippen molar-refractivity contribution in [3.05, 3.63) is 120 Å². The summed E-state index contributed by atoms with van der Waals surface area (Å²) in [7, 11) is 0. The molecule has 1 aliphatic heterocycles. The van der Waals surface area contributed by atoms with E-state index in [1.54, 1.807) is 0 Å². The van der Waals surface area contributed by atoms with Crippen LogP contribution in [0.5, 0.6) is 0 Å². The Morgan fingerprint density at radius 3 is 1.70 bits per heavy atom. The summed E-state index contributed by atoms with van der Waals surface area (Å²) in [6, 6.07) is 31.0. The van der Waals surface area contributed by atoms with Crippen molar-refractivity contribution >= 4 is 5.97 Å². The zero-order chi connectivity index (χ0) is 20.8. The van der Waals surface area contributed by atoms with Crippen LogP contribution in [0, 0.1) is 5.92 Å². The molecule has 0 saturated heterocycles. The summed E-state index contributed by atoms with van der Waals surface area (Å²) in [5.41, 5.74) is 2.54. The number of carbonyl (C=O) groups excluding carboxylic acids is 1. The number of esters is 1. The van der Waals surface area contributed by atoms with E-state index in [1.807, 2.05) is 60.7 Å². The minimum atomic E-state index is -0.717. The van der Waals surface area contributed by atoms with Crippen molar-refractivity contribution < 1.29 is 14.3 Å². The fraction of sp³-hybridized carbons (Fsp3) is 0.222. The van der Waals surface area contributed by atoms with Gasteiger partial charge in [0, 0.05) is 12.7 Å². The molecule has 0 fully saturated rings. The van der Waals surface area contributed by atoms with Crippen LogP contribution in [0.2, 0.25) is 0 Å². The summed E-state index contributed by atoms with van der Waals surface area (Å²) in [5.74, 6) is -0.0901. The van der Waals surface area contributed by atoms with Crippen LogP contribution in [0.1, 0.15) is 30.0 Å². The minimum absolute atomic E-state index is 0.174. The molecule has 2 atom stereocenters. The molecule has 3 aromatic carbocycles. The van der Waals surface area contributed by atoms with Gasteiger partial charge in [0.1, 0.15) is 11.7 Å². The van der Waals surface area contributed by atoms with E-state index in [2.05, 4.69) is 43.3 Å². The maximum absolute atomic E-state index is 11.4. The predicted octanol–water partition coefficient (Wildman–Crippen LogP) is 5.50. The SMILES string of the molecule is C[C@@H](CCOC(c1ccccc1)(c1ccccc1)c1ccccc1)[C@@H]1C=CC(=O)O1. The van der Waals surface area contributed by atoms with E-state index in [0.29, 0.717) is 6.61 Å². The normalized spacial score (nSPS) is 17.0. The van der Waals surface area contributed by atoms with Crippen molar-refractivity contribution in [1.82, 2.24) is 0 Å². The number of hydrogen-bond donors (Lipinski definition) is 0. The smallest absolute Gasteiger partial charge is 0.331 e. The number of rotatable bonds is 8. The Balaban J connectivity index is 1.68. The van der Waals surface area contributed by atoms with Crippen LogP contribution in [-0.2, 0) is 19.9 Å². The number of ether oxygens (including phenoxy) is 2. The molecule has 3 aromatic rings. The molecule has 0 unspecified atom stereocenters. The fourth-order valence-electron chi connectivity index (χ4n) is 4.02. The van der Waals surface area contributed by atoms with Gasteiger partial charge in [-0.15, -0.1) is 0 Å². The van der Waals surface area contributed by atoms with Crippen LogP contribution in [0.25, 0.3) is 0 Å². The van der Waals surface area contributed by atoms with E-state index in [9.17, 15) is 4.79 Å². The van der Waals surface area contributed by atoms with E-state index >= 15 is 0 Å². The average molecular weight is 399 g/mol. The van der Waals surface area contributed by atoms with Crippen molar-refractivity contribution in [3.8, 4) is 0 Å². The van der Waals surface area contributed by atoms with Crippen LogP contribution < -0.4 is 0 Å². The molecule has 0 radical (unpaired) electrons. The quantitative estimate of drug-likeness (QED) is 0.371. The van der Waals surface area contributed by atoms with Gasteiger partial charge in [0.15, 0.2) is 0 Å². The Hall–Kier alpha value is -3.17. The van der Waals surface area contributed by atoms with Crippen LogP contribution in [0.4, 0.5) is 0 Å². The third kappa shape index (κ3) is 4.07. The molecule has 0 aromatic heterocycles. The second kappa shape index (κ2) is 9.10. The van der Waals surface area contributed by atoms with Crippen molar-refractivity contribution in [3.63, 3.8) is 0 Å². The first-order valence-electron chi connectivity index (χ1n) is 10.4. The van der Waals surface area contributed by atoms with Crippen LogP contribution in [-0.4, -0.2) is 18.7 Å². The molecule has 30 heavy (non-hydrogen) atoms. The van der Waals surface area contributed by atoms with Crippen molar-refractivity contribution in [2.75, 3.05) is 6.61 Å². The first-order chi connectivity index (χ1) is 14.7. The Bertz CT molecular complexity index is 884. The van der Waals surface area contributed by atoms with Gasteiger partial charge in [0.2, 0.25) is 0 Å². The molecule has 0 spiro atoms. The summed E-state index contributed by atoms with van der Waals surface area (Å²) < 4.78 is 12.1. The molecular weight excluding hydrogens is 372 g/mol. The van der Waals surface area contributed by atoms with Gasteiger partial charge in [-0.3, -0.25) is 0 Å². The second-order valence-corrected chi connectivity index (χ2v) is 7.65. The molecule has 1 heterocycles. The molecule has 3 heteroatoms. The Morgan fingerprint density at radius 2 is 1.30 bits per heavy atom. The van der Waals surface area contributed by atoms with Gasteiger partial charge in [0.05, 0.1) is 0 Å². The molecule has 0 aliphatic carbocycles. The van der Waals surface area contributed by atoms with Crippen LogP contribution in [0.3, 0.4) is 0 Å². The van der Waals surface area contributed by atoms with Gasteiger partial charge in [-0.1, -0.05) is 97.9 Å². The largest absolute Gasteiger partial charge is 0.455 e. The number of carbonyl (C=O) groups is 1. The molecule has 3 nitrogen and oxygen atoms in total. The topological polar surface area (TPSA) is 35.5 Å². The summed E-state index contributed by atoms with van der Waals surface area (Å²) in [5, 5.41) is 0. The highest BCUT2D eigenvalue weighted by molar-refractivity contribution is 5.84. The molecule has 0 N–H and O–H groups in total. The van der Waals surface area contributed by atoms with Crippen LogP contribution >= 0.6 is 0 Å². The maximum Gasteiger partial charge on any atom is 0.331 e. The number of cyclic esters (lactones) is 1. The van der Waals surface area contributed by atoms with Crippen LogP contribution in [0.15, 0.2) is 103 Å². The summed E-state index contributed by atoms with van der Waals surface area (Å²) in [6.45, 7) is 2.62. The van der Waals surface area contributed by atoms with E-state index in [1.165, 1.54) is 6.08 Å². The molecule has 0 amide bonds. The van der Waals surface area contributed by atoms with Crippen molar-refractivity contribution in [2.24, 2.45) is 5.92 Å². The lowest BCUT2D eigenvalue weighted by atomic mass is 9.80. The first-order valence-corrected chi connectivity index (χ1v) is 10.4. The molecule has 152 valence electrons. The lowest BCUT2D eigenvalue weighted by Crippen LogP contribution is -2.34. The predicted molar refractivity (Wildman–Crippen MR) is 118 cm³/mol. The van der Waals surface area contributed by atoms with Crippen molar-refractivity contribution in [1.29, 1.82) is 0 Å². The van der Waals surface area contributed by atoms with E-state index in [0.717, 1.165) is 23.1 Å². The lowest BCUT2D eigenvalue weighted by Gasteiger charge is -2.36. The van der Waals surface area contributed by atoms with E-state index < -0.39 is 5.60 Å². The zero-order valence-electron chi connectivity index (χ0n) is 17.1. The maximum atomic E-state index is 11.4. The third-order valence-electron chi connectivity index (χ3n) is 5.67. The highest BCUT2D eigenvalue weighted by Gasteiger charge is 2.37. The summed E-state index contributed by atoms with van der Waals surface area (Å²) in [6.07, 6.45) is 3.94. The van der Waals surface area contributed by atoms with Gasteiger partial charge < -0.3 is 9.47 Å². The average Bonchev–Trinajstić information content (AvgIpc) is 3.25. The highest BCUT2D eigenvalue weighted by Crippen LogP contribution is 2.40. The summed E-state index contributed by atoms with van der Waals surface area (Å²) >= 11 is 0. The molecule has 0 bridgehead atoms. The zero-order valence-corrected chi connectivity index (χ0v) is 17.1. The Labute approximate surface area is 178 Å². The summed E-state index contributed by atoms with van der Waals surface area (Å²) in [4.78, 5) is 11.4. The number of benzene rings is 3.